The Morgan fingerprint density at radius 3 is 2.50 bits per heavy atom. The van der Waals surface area contributed by atoms with Crippen molar-refractivity contribution in [3.8, 4) is 11.5 Å². The molecule has 0 amide bonds. The van der Waals surface area contributed by atoms with Crippen LogP contribution < -0.4 is 4.74 Å². The molecule has 32 heavy (non-hydrogen) atoms. The van der Waals surface area contributed by atoms with Crippen LogP contribution in [0.25, 0.3) is 5.57 Å². The van der Waals surface area contributed by atoms with Gasteiger partial charge >= 0.3 is 0 Å². The third-order valence-corrected chi connectivity index (χ3v) is 5.66. The number of thiocarbonyl (C=S) groups is 1. The lowest BCUT2D eigenvalue weighted by atomic mass is 9.89. The van der Waals surface area contributed by atoms with Gasteiger partial charge in [-0.15, -0.1) is 11.5 Å². The highest BCUT2D eigenvalue weighted by molar-refractivity contribution is 7.80. The van der Waals surface area contributed by atoms with Crippen molar-refractivity contribution >= 4 is 22.7 Å². The Kier molecular flexibility index (Phi) is 7.87. The van der Waals surface area contributed by atoms with E-state index >= 15 is 0 Å². The summed E-state index contributed by atoms with van der Waals surface area (Å²) in [6.45, 7) is 11.9. The number of aromatic hydroxyl groups is 1. The monoisotopic (exact) mass is 440 g/mol. The molecule has 0 fully saturated rings. The lowest BCUT2D eigenvalue weighted by Gasteiger charge is -2.19. The standard InChI is InChI=1S/C29H28O2S/c1-5-23(13-9-22-10-14-26(30)15-11-22)24(12-8-21(4)32)18-25-19-31-29-16-7-20(3)17-28(29)27(25)6-2/h7,10-11,14-19,30H,1-2,8-9,12-13H2,3-4H3/b24-18+. The number of allylic oxidation sites excluding steroid dienone is 5. The smallest absolute Gasteiger partial charge is 0.135 e. The first-order valence-electron chi connectivity index (χ1n) is 10.7. The second-order valence-electron chi connectivity index (χ2n) is 7.94. The van der Waals surface area contributed by atoms with Gasteiger partial charge in [0.1, 0.15) is 11.5 Å². The summed E-state index contributed by atoms with van der Waals surface area (Å²) in [5.74, 6) is 1.08. The molecule has 2 aromatic carbocycles. The van der Waals surface area contributed by atoms with Crippen molar-refractivity contribution in [2.24, 2.45) is 0 Å². The number of aryl methyl sites for hydroxylation is 2. The second-order valence-corrected chi connectivity index (χ2v) is 8.63. The van der Waals surface area contributed by atoms with Crippen LogP contribution in [0.5, 0.6) is 11.5 Å². The fraction of sp³-hybridized carbons (Fsp3) is 0.207. The van der Waals surface area contributed by atoms with Gasteiger partial charge in [0.2, 0.25) is 0 Å². The minimum absolute atomic E-state index is 0.272. The fourth-order valence-corrected chi connectivity index (χ4v) is 3.79. The molecule has 2 aromatic rings. The van der Waals surface area contributed by atoms with Gasteiger partial charge in [-0.25, -0.2) is 0 Å². The summed E-state index contributed by atoms with van der Waals surface area (Å²) in [6.07, 6.45) is 7.10. The maximum absolute atomic E-state index is 9.53. The molecule has 1 heterocycles. The van der Waals surface area contributed by atoms with Gasteiger partial charge in [0.25, 0.3) is 0 Å². The van der Waals surface area contributed by atoms with Crippen LogP contribution >= 0.6 is 12.2 Å². The molecule has 1 aliphatic heterocycles. The van der Waals surface area contributed by atoms with Crippen molar-refractivity contribution < 1.29 is 9.84 Å². The van der Waals surface area contributed by atoms with E-state index < -0.39 is 0 Å². The molecule has 0 bridgehead atoms. The van der Waals surface area contributed by atoms with Crippen LogP contribution in [0, 0.1) is 6.92 Å². The number of hydrogen-bond donors (Lipinski definition) is 1. The Morgan fingerprint density at radius 1 is 1.09 bits per heavy atom. The van der Waals surface area contributed by atoms with Gasteiger partial charge < -0.3 is 9.84 Å². The molecule has 0 spiro atoms. The summed E-state index contributed by atoms with van der Waals surface area (Å²) in [7, 11) is 0. The van der Waals surface area contributed by atoms with Gasteiger partial charge in [0, 0.05) is 16.7 Å². The van der Waals surface area contributed by atoms with Crippen molar-refractivity contribution in [2.75, 3.05) is 0 Å². The molecule has 0 aromatic heterocycles. The maximum atomic E-state index is 9.53. The van der Waals surface area contributed by atoms with Gasteiger partial charge in [-0.1, -0.05) is 49.1 Å². The molecule has 2 nitrogen and oxygen atoms in total. The van der Waals surface area contributed by atoms with E-state index in [4.69, 9.17) is 17.0 Å². The van der Waals surface area contributed by atoms with Crippen LogP contribution in [0.3, 0.4) is 0 Å². The van der Waals surface area contributed by atoms with Gasteiger partial charge in [-0.05, 0) is 91.4 Å². The van der Waals surface area contributed by atoms with E-state index in [1.54, 1.807) is 18.4 Å². The van der Waals surface area contributed by atoms with Gasteiger partial charge in [-0.2, -0.15) is 0 Å². The zero-order valence-electron chi connectivity index (χ0n) is 18.7. The SMILES string of the molecule is C=C=C(CCc1ccc(O)cc1)/C(=C/C1=COc2ccc(C)cc2C1=C=C)CCC(C)=S. The lowest BCUT2D eigenvalue weighted by Crippen LogP contribution is -2.03. The first-order chi connectivity index (χ1) is 15.4. The summed E-state index contributed by atoms with van der Waals surface area (Å²) < 4.78 is 5.91. The van der Waals surface area contributed by atoms with E-state index in [0.717, 1.165) is 75.3 Å². The van der Waals surface area contributed by atoms with Crippen molar-refractivity contribution in [2.45, 2.75) is 39.5 Å². The number of hydrogen-bond acceptors (Lipinski definition) is 3. The highest BCUT2D eigenvalue weighted by Gasteiger charge is 2.19. The number of phenols is 1. The number of fused-ring (bicyclic) bond motifs is 1. The predicted molar refractivity (Wildman–Crippen MR) is 137 cm³/mol. The van der Waals surface area contributed by atoms with Crippen molar-refractivity contribution in [1.29, 1.82) is 0 Å². The Labute approximate surface area is 196 Å². The molecule has 162 valence electrons. The topological polar surface area (TPSA) is 29.5 Å². The van der Waals surface area contributed by atoms with E-state index in [-0.39, 0.29) is 5.75 Å². The zero-order valence-corrected chi connectivity index (χ0v) is 19.5. The van der Waals surface area contributed by atoms with E-state index in [1.807, 2.05) is 31.2 Å². The molecular formula is C29H28O2S. The molecule has 3 rings (SSSR count). The highest BCUT2D eigenvalue weighted by Crippen LogP contribution is 2.37. The Hall–Kier alpha value is -3.35. The number of rotatable bonds is 8. The minimum Gasteiger partial charge on any atom is -0.508 e. The Balaban J connectivity index is 1.92. The Morgan fingerprint density at radius 2 is 1.84 bits per heavy atom. The first kappa shape index (κ1) is 23.3. The summed E-state index contributed by atoms with van der Waals surface area (Å²) in [5.41, 5.74) is 13.6. The molecule has 0 atom stereocenters. The molecule has 3 heteroatoms. The van der Waals surface area contributed by atoms with Crippen LogP contribution in [-0.2, 0) is 6.42 Å². The van der Waals surface area contributed by atoms with Gasteiger partial charge in [0.15, 0.2) is 0 Å². The van der Waals surface area contributed by atoms with Crippen LogP contribution in [0.4, 0.5) is 0 Å². The lowest BCUT2D eigenvalue weighted by molar-refractivity contribution is 0.472. The normalized spacial score (nSPS) is 12.8. The van der Waals surface area contributed by atoms with Crippen LogP contribution in [0.2, 0.25) is 0 Å². The highest BCUT2D eigenvalue weighted by atomic mass is 32.1. The van der Waals surface area contributed by atoms with Crippen LogP contribution in [0.1, 0.15) is 42.9 Å². The average Bonchev–Trinajstić information content (AvgIpc) is 2.78. The number of benzene rings is 2. The van der Waals surface area contributed by atoms with Gasteiger partial charge in [0.05, 0.1) is 6.26 Å². The second kappa shape index (κ2) is 10.8. The van der Waals surface area contributed by atoms with E-state index in [1.165, 1.54) is 0 Å². The summed E-state index contributed by atoms with van der Waals surface area (Å²) in [6, 6.07) is 13.4. The molecule has 0 radical (unpaired) electrons. The molecule has 0 saturated carbocycles. The summed E-state index contributed by atoms with van der Waals surface area (Å²) in [4.78, 5) is 0.965. The molecule has 1 aliphatic rings. The predicted octanol–water partition coefficient (Wildman–Crippen LogP) is 7.59. The molecule has 1 N–H and O–H groups in total. The van der Waals surface area contributed by atoms with Crippen molar-refractivity contribution in [3.05, 3.63) is 113 Å². The largest absolute Gasteiger partial charge is 0.508 e. The third-order valence-electron chi connectivity index (χ3n) is 5.46. The van der Waals surface area contributed by atoms with Crippen LogP contribution in [-0.4, -0.2) is 9.97 Å². The first-order valence-corrected chi connectivity index (χ1v) is 11.1. The Bertz CT molecular complexity index is 1180. The van der Waals surface area contributed by atoms with Gasteiger partial charge in [-0.3, -0.25) is 0 Å². The average molecular weight is 441 g/mol. The fourth-order valence-electron chi connectivity index (χ4n) is 3.69. The summed E-state index contributed by atoms with van der Waals surface area (Å²) >= 11 is 5.34. The zero-order chi connectivity index (χ0) is 23.1. The molecule has 0 unspecified atom stereocenters. The minimum atomic E-state index is 0.272. The third kappa shape index (κ3) is 5.87. The molecule has 0 aliphatic carbocycles. The number of ether oxygens (including phenoxy) is 1. The van der Waals surface area contributed by atoms with Crippen LogP contribution in [0.15, 0.2) is 96.1 Å². The van der Waals surface area contributed by atoms with Crippen molar-refractivity contribution in [3.63, 3.8) is 0 Å². The molecular weight excluding hydrogens is 412 g/mol. The van der Waals surface area contributed by atoms with E-state index in [0.29, 0.717) is 0 Å². The molecule has 0 saturated heterocycles. The van der Waals surface area contributed by atoms with E-state index in [9.17, 15) is 5.11 Å². The van der Waals surface area contributed by atoms with Crippen molar-refractivity contribution in [1.82, 2.24) is 0 Å². The maximum Gasteiger partial charge on any atom is 0.135 e. The quantitative estimate of drug-likeness (QED) is 0.260. The summed E-state index contributed by atoms with van der Waals surface area (Å²) in [5, 5.41) is 9.53. The number of phenolic OH excluding ortho intramolecular Hbond substituents is 1. The van der Waals surface area contributed by atoms with E-state index in [2.05, 4.69) is 43.7 Å².